The molecule has 0 amide bonds. The summed E-state index contributed by atoms with van der Waals surface area (Å²) in [5, 5.41) is 12.1. The molecule has 29 heavy (non-hydrogen) atoms. The lowest BCUT2D eigenvalue weighted by molar-refractivity contribution is -0.328. The first kappa shape index (κ1) is 17.7. The van der Waals surface area contributed by atoms with Crippen molar-refractivity contribution in [2.45, 2.75) is 17.3 Å². The Morgan fingerprint density at radius 2 is 1.48 bits per heavy atom. The third-order valence-electron chi connectivity index (χ3n) is 5.82. The number of Topliss-reactive ketones (excluding diaryl/α,β-unsaturated/α-hetero) is 1. The van der Waals surface area contributed by atoms with Gasteiger partial charge in [0.15, 0.2) is 23.3 Å². The Morgan fingerprint density at radius 3 is 2.21 bits per heavy atom. The van der Waals surface area contributed by atoms with Crippen LogP contribution in [0.25, 0.3) is 0 Å². The molecule has 1 aliphatic heterocycles. The fraction of sp³-hybridized carbons (Fsp3) is 0.120. The van der Waals surface area contributed by atoms with E-state index in [9.17, 15) is 14.7 Å². The van der Waals surface area contributed by atoms with Crippen molar-refractivity contribution in [1.29, 1.82) is 0 Å². The third kappa shape index (κ3) is 2.33. The summed E-state index contributed by atoms with van der Waals surface area (Å²) in [6, 6.07) is 24.9. The van der Waals surface area contributed by atoms with Crippen molar-refractivity contribution in [3.63, 3.8) is 0 Å². The lowest BCUT2D eigenvalue weighted by Crippen LogP contribution is -2.72. The molecule has 142 valence electrons. The molecule has 4 nitrogen and oxygen atoms in total. The summed E-state index contributed by atoms with van der Waals surface area (Å²) in [7, 11) is 0. The number of hydrogen-bond acceptors (Lipinski definition) is 4. The normalized spacial score (nSPS) is 27.3. The van der Waals surface area contributed by atoms with Gasteiger partial charge in [-0.1, -0.05) is 84.9 Å². The maximum atomic E-state index is 13.2. The predicted molar refractivity (Wildman–Crippen MR) is 108 cm³/mol. The monoisotopic (exact) mass is 382 g/mol. The molecule has 0 saturated carbocycles. The second kappa shape index (κ2) is 6.34. The largest absolute Gasteiger partial charge is 0.378 e. The molecule has 1 spiro atoms. The lowest BCUT2D eigenvalue weighted by Gasteiger charge is -2.60. The number of ketones is 2. The minimum absolute atomic E-state index is 0.150. The van der Waals surface area contributed by atoms with Crippen molar-refractivity contribution in [3.05, 3.63) is 119 Å². The van der Waals surface area contributed by atoms with Crippen LogP contribution in [0.1, 0.15) is 31.8 Å². The molecule has 3 unspecified atom stereocenters. The molecule has 0 aromatic heterocycles. The molecule has 2 aliphatic rings. The predicted octanol–water partition coefficient (Wildman–Crippen LogP) is 3.80. The van der Waals surface area contributed by atoms with E-state index in [2.05, 4.69) is 0 Å². The van der Waals surface area contributed by atoms with Gasteiger partial charge in [-0.3, -0.25) is 9.59 Å². The minimum atomic E-state index is -1.66. The molecule has 5 rings (SSSR count). The number of ether oxygens (including phenoxy) is 1. The topological polar surface area (TPSA) is 63.6 Å². The van der Waals surface area contributed by atoms with Crippen LogP contribution in [0.15, 0.2) is 97.1 Å². The van der Waals surface area contributed by atoms with Crippen molar-refractivity contribution in [2.75, 3.05) is 0 Å². The molecule has 3 aromatic carbocycles. The Bertz CT molecular complexity index is 1140. The number of carbonyl (C=O) groups is 2. The Kier molecular flexibility index (Phi) is 3.88. The van der Waals surface area contributed by atoms with Crippen LogP contribution in [0.2, 0.25) is 0 Å². The van der Waals surface area contributed by atoms with Crippen LogP contribution < -0.4 is 0 Å². The number of allylic oxidation sites excluding steroid dienone is 1. The van der Waals surface area contributed by atoms with Crippen LogP contribution >= 0.6 is 0 Å². The Balaban J connectivity index is 1.70. The molecule has 1 fully saturated rings. The molecule has 0 bridgehead atoms. The number of hydrogen-bond donors (Lipinski definition) is 1. The Labute approximate surface area is 168 Å². The highest BCUT2D eigenvalue weighted by molar-refractivity contribution is 6.08. The van der Waals surface area contributed by atoms with E-state index in [0.717, 1.165) is 0 Å². The average molecular weight is 382 g/mol. The molecule has 1 heterocycles. The zero-order chi connectivity index (χ0) is 20.1. The highest BCUT2D eigenvalue weighted by Gasteiger charge is 2.70. The molecule has 3 atom stereocenters. The summed E-state index contributed by atoms with van der Waals surface area (Å²) < 4.78 is 6.19. The van der Waals surface area contributed by atoms with Gasteiger partial charge in [-0.2, -0.15) is 0 Å². The van der Waals surface area contributed by atoms with E-state index in [4.69, 9.17) is 4.74 Å². The second-order valence-electron chi connectivity index (χ2n) is 7.34. The van der Waals surface area contributed by atoms with E-state index in [-0.39, 0.29) is 11.6 Å². The first-order valence-electron chi connectivity index (χ1n) is 9.46. The molecule has 3 aromatic rings. The van der Waals surface area contributed by atoms with Crippen LogP contribution in [0.5, 0.6) is 0 Å². The van der Waals surface area contributed by atoms with Gasteiger partial charge in [-0.05, 0) is 17.7 Å². The van der Waals surface area contributed by atoms with Gasteiger partial charge in [0.2, 0.25) is 0 Å². The van der Waals surface area contributed by atoms with Gasteiger partial charge in [0.05, 0.1) is 0 Å². The van der Waals surface area contributed by atoms with Gasteiger partial charge in [0.1, 0.15) is 5.60 Å². The first-order chi connectivity index (χ1) is 14.1. The molecular weight excluding hydrogens is 364 g/mol. The van der Waals surface area contributed by atoms with E-state index >= 15 is 0 Å². The summed E-state index contributed by atoms with van der Waals surface area (Å²) in [5.41, 5.74) is -0.909. The van der Waals surface area contributed by atoms with Gasteiger partial charge in [0, 0.05) is 16.7 Å². The second-order valence-corrected chi connectivity index (χ2v) is 7.34. The van der Waals surface area contributed by atoms with E-state index in [1.165, 1.54) is 6.08 Å². The summed E-state index contributed by atoms with van der Waals surface area (Å²) in [6.45, 7) is 0. The van der Waals surface area contributed by atoms with E-state index in [1.54, 1.807) is 66.7 Å². The van der Waals surface area contributed by atoms with Gasteiger partial charge in [-0.15, -0.1) is 0 Å². The zero-order valence-electron chi connectivity index (χ0n) is 15.5. The average Bonchev–Trinajstić information content (AvgIpc) is 2.79. The molecular formula is C25H18O4. The van der Waals surface area contributed by atoms with Crippen LogP contribution in [0.4, 0.5) is 0 Å². The Hall–Kier alpha value is -3.34. The van der Waals surface area contributed by atoms with Crippen LogP contribution in [-0.2, 0) is 15.9 Å². The number of fused-ring (bicyclic) bond motifs is 2. The summed E-state index contributed by atoms with van der Waals surface area (Å²) in [6.07, 6.45) is 1.90. The molecule has 1 N–H and O–H groups in total. The number of carbonyl (C=O) groups excluding carboxylic acids is 2. The van der Waals surface area contributed by atoms with Gasteiger partial charge >= 0.3 is 0 Å². The van der Waals surface area contributed by atoms with E-state index < -0.39 is 17.3 Å². The molecule has 0 radical (unpaired) electrons. The van der Waals surface area contributed by atoms with Crippen molar-refractivity contribution in [1.82, 2.24) is 0 Å². The van der Waals surface area contributed by atoms with Gasteiger partial charge in [-0.25, -0.2) is 0 Å². The molecule has 1 saturated heterocycles. The van der Waals surface area contributed by atoms with Crippen molar-refractivity contribution in [2.24, 2.45) is 0 Å². The third-order valence-corrected chi connectivity index (χ3v) is 5.82. The van der Waals surface area contributed by atoms with Crippen LogP contribution in [-0.4, -0.2) is 22.8 Å². The quantitative estimate of drug-likeness (QED) is 0.700. The first-order valence-corrected chi connectivity index (χ1v) is 9.46. The van der Waals surface area contributed by atoms with Gasteiger partial charge in [0.25, 0.3) is 0 Å². The van der Waals surface area contributed by atoms with Crippen LogP contribution in [0, 0.1) is 0 Å². The maximum Gasteiger partial charge on any atom is 0.195 e. The number of aliphatic hydroxyl groups is 1. The van der Waals surface area contributed by atoms with Crippen molar-refractivity contribution < 1.29 is 19.4 Å². The van der Waals surface area contributed by atoms with E-state index in [1.807, 2.05) is 24.3 Å². The minimum Gasteiger partial charge on any atom is -0.378 e. The van der Waals surface area contributed by atoms with Crippen LogP contribution in [0.3, 0.4) is 0 Å². The number of rotatable bonds is 3. The van der Waals surface area contributed by atoms with Gasteiger partial charge < -0.3 is 9.84 Å². The lowest BCUT2D eigenvalue weighted by atomic mass is 9.61. The van der Waals surface area contributed by atoms with E-state index in [0.29, 0.717) is 22.3 Å². The van der Waals surface area contributed by atoms with Crippen molar-refractivity contribution >= 4 is 11.6 Å². The highest BCUT2D eigenvalue weighted by Crippen LogP contribution is 2.59. The fourth-order valence-corrected chi connectivity index (χ4v) is 4.38. The standard InChI is InChI=1S/C25H18O4/c26-21-15-16-24(20-14-8-7-13-19(20)21)25(28,18-11-5-2-6-12-18)23(29-24)22(27)17-9-3-1-4-10-17/h1-16,23,28H. The summed E-state index contributed by atoms with van der Waals surface area (Å²) in [4.78, 5) is 25.6. The number of benzene rings is 3. The maximum absolute atomic E-state index is 13.2. The fourth-order valence-electron chi connectivity index (χ4n) is 4.38. The molecule has 1 aliphatic carbocycles. The SMILES string of the molecule is O=C1C=CC2(OC(C(=O)c3ccccc3)C2(O)c2ccccc2)c2ccccc21. The zero-order valence-corrected chi connectivity index (χ0v) is 15.5. The van der Waals surface area contributed by atoms with Crippen molar-refractivity contribution in [3.8, 4) is 0 Å². The highest BCUT2D eigenvalue weighted by atomic mass is 16.6. The smallest absolute Gasteiger partial charge is 0.195 e. The Morgan fingerprint density at radius 1 is 0.862 bits per heavy atom. The summed E-state index contributed by atoms with van der Waals surface area (Å²) >= 11 is 0. The molecule has 4 heteroatoms. The summed E-state index contributed by atoms with van der Waals surface area (Å²) in [5.74, 6) is -0.451.